The molecule has 2 amide bonds. The summed E-state index contributed by atoms with van der Waals surface area (Å²) in [4.78, 5) is 16.7. The van der Waals surface area contributed by atoms with E-state index in [-0.39, 0.29) is 6.03 Å². The van der Waals surface area contributed by atoms with Crippen LogP contribution in [0, 0.1) is 0 Å². The van der Waals surface area contributed by atoms with Gasteiger partial charge in [-0.25, -0.2) is 4.79 Å². The lowest BCUT2D eigenvalue weighted by Crippen LogP contribution is -2.38. The van der Waals surface area contributed by atoms with E-state index in [1.807, 2.05) is 29.2 Å². The summed E-state index contributed by atoms with van der Waals surface area (Å²) in [5, 5.41) is 4.34. The minimum absolute atomic E-state index is 0.0596. The maximum absolute atomic E-state index is 12.5. The molecule has 0 aliphatic carbocycles. The van der Waals surface area contributed by atoms with Crippen molar-refractivity contribution in [2.24, 2.45) is 0 Å². The smallest absolute Gasteiger partial charge is 0.321 e. The Morgan fingerprint density at radius 1 is 0.880 bits per heavy atom. The molecule has 1 heterocycles. The zero-order valence-corrected chi connectivity index (χ0v) is 15.4. The van der Waals surface area contributed by atoms with Crippen LogP contribution in [-0.4, -0.2) is 42.0 Å². The Bertz CT molecular complexity index is 704. The molecule has 0 unspecified atom stereocenters. The highest BCUT2D eigenvalue weighted by molar-refractivity contribution is 6.30. The number of rotatable bonds is 3. The molecule has 25 heavy (non-hydrogen) atoms. The quantitative estimate of drug-likeness (QED) is 0.838. The summed E-state index contributed by atoms with van der Waals surface area (Å²) in [5.74, 6) is 0. The number of carbonyl (C=O) groups excluding carboxylic acids is 1. The van der Waals surface area contributed by atoms with Gasteiger partial charge in [-0.3, -0.25) is 4.90 Å². The predicted molar refractivity (Wildman–Crippen MR) is 103 cm³/mol. The first-order valence-electron chi connectivity index (χ1n) is 8.38. The molecule has 0 saturated carbocycles. The van der Waals surface area contributed by atoms with Crippen LogP contribution in [0.25, 0.3) is 0 Å². The zero-order chi connectivity index (χ0) is 17.6. The van der Waals surface area contributed by atoms with Crippen molar-refractivity contribution in [2.45, 2.75) is 13.0 Å². The van der Waals surface area contributed by atoms with Crippen molar-refractivity contribution in [3.05, 3.63) is 64.1 Å². The molecule has 3 rings (SSSR count). The monoisotopic (exact) mass is 377 g/mol. The SMILES string of the molecule is O=C(Nc1ccc(Cl)cc1)N1CCCN(Cc2ccc(Cl)cc2)CC1. The van der Waals surface area contributed by atoms with E-state index in [2.05, 4.69) is 22.3 Å². The van der Waals surface area contributed by atoms with Gasteiger partial charge in [0.2, 0.25) is 0 Å². The summed E-state index contributed by atoms with van der Waals surface area (Å²) in [6, 6.07) is 15.0. The Labute approximate surface area is 158 Å². The number of carbonyl (C=O) groups is 1. The molecule has 4 nitrogen and oxygen atoms in total. The molecule has 1 saturated heterocycles. The maximum Gasteiger partial charge on any atom is 0.321 e. The van der Waals surface area contributed by atoms with Gasteiger partial charge in [0.15, 0.2) is 0 Å². The van der Waals surface area contributed by atoms with Crippen LogP contribution in [0.2, 0.25) is 10.0 Å². The molecule has 0 aromatic heterocycles. The van der Waals surface area contributed by atoms with Gasteiger partial charge in [-0.1, -0.05) is 35.3 Å². The van der Waals surface area contributed by atoms with Crippen molar-refractivity contribution >= 4 is 34.9 Å². The van der Waals surface area contributed by atoms with Crippen LogP contribution < -0.4 is 5.32 Å². The number of nitrogens with zero attached hydrogens (tertiary/aromatic N) is 2. The maximum atomic E-state index is 12.5. The van der Waals surface area contributed by atoms with Gasteiger partial charge in [-0.05, 0) is 48.4 Å². The molecule has 0 radical (unpaired) electrons. The van der Waals surface area contributed by atoms with Crippen LogP contribution in [0.1, 0.15) is 12.0 Å². The highest BCUT2D eigenvalue weighted by Crippen LogP contribution is 2.16. The van der Waals surface area contributed by atoms with Gasteiger partial charge in [0.25, 0.3) is 0 Å². The Hall–Kier alpha value is -1.75. The fraction of sp³-hybridized carbons (Fsp3) is 0.316. The van der Waals surface area contributed by atoms with Crippen molar-refractivity contribution in [3.63, 3.8) is 0 Å². The van der Waals surface area contributed by atoms with E-state index in [1.165, 1.54) is 5.56 Å². The topological polar surface area (TPSA) is 35.6 Å². The van der Waals surface area contributed by atoms with E-state index in [9.17, 15) is 4.79 Å². The summed E-state index contributed by atoms with van der Waals surface area (Å²) in [6.07, 6.45) is 0.960. The van der Waals surface area contributed by atoms with Crippen LogP contribution in [0.3, 0.4) is 0 Å². The fourth-order valence-electron chi connectivity index (χ4n) is 2.92. The second-order valence-corrected chi connectivity index (χ2v) is 7.05. The van der Waals surface area contributed by atoms with Gasteiger partial charge in [0.1, 0.15) is 0 Å². The average molecular weight is 378 g/mol. The molecular formula is C19H21Cl2N3O. The molecule has 2 aromatic carbocycles. The first-order valence-corrected chi connectivity index (χ1v) is 9.14. The van der Waals surface area contributed by atoms with Crippen LogP contribution >= 0.6 is 23.2 Å². The third-order valence-corrected chi connectivity index (χ3v) is 4.79. The van der Waals surface area contributed by atoms with Gasteiger partial charge in [0, 0.05) is 48.5 Å². The minimum atomic E-state index is -0.0596. The lowest BCUT2D eigenvalue weighted by molar-refractivity contribution is 0.211. The van der Waals surface area contributed by atoms with E-state index in [0.29, 0.717) is 11.6 Å². The van der Waals surface area contributed by atoms with E-state index in [4.69, 9.17) is 23.2 Å². The molecule has 6 heteroatoms. The molecule has 2 aromatic rings. The standard InChI is InChI=1S/C19H21Cl2N3O/c20-16-4-2-15(3-5-16)14-23-10-1-11-24(13-12-23)19(25)22-18-8-6-17(21)7-9-18/h2-9H,1,10-14H2,(H,22,25). The first-order chi connectivity index (χ1) is 12.1. The van der Waals surface area contributed by atoms with Crippen molar-refractivity contribution in [2.75, 3.05) is 31.5 Å². The lowest BCUT2D eigenvalue weighted by Gasteiger charge is -2.22. The highest BCUT2D eigenvalue weighted by atomic mass is 35.5. The molecule has 0 spiro atoms. The van der Waals surface area contributed by atoms with E-state index in [1.54, 1.807) is 12.1 Å². The Morgan fingerprint density at radius 3 is 2.20 bits per heavy atom. The number of benzene rings is 2. The van der Waals surface area contributed by atoms with Crippen molar-refractivity contribution in [3.8, 4) is 0 Å². The van der Waals surface area contributed by atoms with Gasteiger partial charge in [-0.15, -0.1) is 0 Å². The summed E-state index contributed by atoms with van der Waals surface area (Å²) >= 11 is 11.8. The largest absolute Gasteiger partial charge is 0.323 e. The number of nitrogens with one attached hydrogen (secondary N) is 1. The molecule has 0 bridgehead atoms. The minimum Gasteiger partial charge on any atom is -0.323 e. The third-order valence-electron chi connectivity index (χ3n) is 4.29. The average Bonchev–Trinajstić information content (AvgIpc) is 2.85. The number of anilines is 1. The van der Waals surface area contributed by atoms with Crippen molar-refractivity contribution < 1.29 is 4.79 Å². The molecule has 1 aliphatic rings. The Balaban J connectivity index is 1.52. The van der Waals surface area contributed by atoms with Crippen LogP contribution in [0.4, 0.5) is 10.5 Å². The summed E-state index contributed by atoms with van der Waals surface area (Å²) in [7, 11) is 0. The number of halogens is 2. The summed E-state index contributed by atoms with van der Waals surface area (Å²) in [6.45, 7) is 4.19. The van der Waals surface area contributed by atoms with E-state index < -0.39 is 0 Å². The van der Waals surface area contributed by atoms with Crippen LogP contribution in [-0.2, 0) is 6.54 Å². The van der Waals surface area contributed by atoms with Gasteiger partial charge in [0.05, 0.1) is 0 Å². The third kappa shape index (κ3) is 5.36. The Morgan fingerprint density at radius 2 is 1.52 bits per heavy atom. The van der Waals surface area contributed by atoms with Crippen molar-refractivity contribution in [1.29, 1.82) is 0 Å². The molecule has 132 valence electrons. The van der Waals surface area contributed by atoms with Crippen LogP contribution in [0.15, 0.2) is 48.5 Å². The normalized spacial score (nSPS) is 15.7. The number of amides is 2. The molecule has 1 aliphatic heterocycles. The first kappa shape index (κ1) is 18.1. The number of hydrogen-bond donors (Lipinski definition) is 1. The second-order valence-electron chi connectivity index (χ2n) is 6.18. The number of urea groups is 1. The van der Waals surface area contributed by atoms with Crippen LogP contribution in [0.5, 0.6) is 0 Å². The van der Waals surface area contributed by atoms with E-state index >= 15 is 0 Å². The summed E-state index contributed by atoms with van der Waals surface area (Å²) in [5.41, 5.74) is 2.00. The predicted octanol–water partition coefficient (Wildman–Crippen LogP) is 4.73. The molecule has 1 N–H and O–H groups in total. The molecule has 0 atom stereocenters. The summed E-state index contributed by atoms with van der Waals surface area (Å²) < 4.78 is 0. The van der Waals surface area contributed by atoms with Gasteiger partial charge >= 0.3 is 6.03 Å². The van der Waals surface area contributed by atoms with E-state index in [0.717, 1.165) is 43.3 Å². The van der Waals surface area contributed by atoms with Gasteiger partial charge < -0.3 is 10.2 Å². The number of hydrogen-bond acceptors (Lipinski definition) is 2. The van der Waals surface area contributed by atoms with Crippen molar-refractivity contribution in [1.82, 2.24) is 9.80 Å². The second kappa shape index (κ2) is 8.56. The molecular weight excluding hydrogens is 357 g/mol. The highest BCUT2D eigenvalue weighted by Gasteiger charge is 2.19. The molecule has 1 fully saturated rings. The fourth-order valence-corrected chi connectivity index (χ4v) is 3.17. The van der Waals surface area contributed by atoms with Gasteiger partial charge in [-0.2, -0.15) is 0 Å². The lowest BCUT2D eigenvalue weighted by atomic mass is 10.2. The zero-order valence-electron chi connectivity index (χ0n) is 13.9. The Kier molecular flexibility index (Phi) is 6.19.